The van der Waals surface area contributed by atoms with E-state index in [-0.39, 0.29) is 23.8 Å². The Morgan fingerprint density at radius 2 is 1.15 bits per heavy atom. The van der Waals surface area contributed by atoms with E-state index in [0.29, 0.717) is 0 Å². The van der Waals surface area contributed by atoms with Crippen molar-refractivity contribution in [2.75, 3.05) is 0 Å². The number of rotatable bonds is 3. The Kier molecular flexibility index (Phi) is 6.23. The molecule has 27 heavy (non-hydrogen) atoms. The van der Waals surface area contributed by atoms with Gasteiger partial charge in [-0.3, -0.25) is 0 Å². The predicted octanol–water partition coefficient (Wildman–Crippen LogP) is 5.69. The SMILES string of the molecule is [BH3-][PH+](Oc1c(C(C)(C)C)cc(C(C)(C)C)cc1C(C)(C)C)c1ccccc1. The van der Waals surface area contributed by atoms with Crippen LogP contribution in [0.5, 0.6) is 5.75 Å². The summed E-state index contributed by atoms with van der Waals surface area (Å²) in [4.78, 5) is 0. The molecule has 2 rings (SSSR count). The molecule has 0 amide bonds. The molecule has 0 bridgehead atoms. The molecule has 0 aliphatic rings. The van der Waals surface area contributed by atoms with Crippen LogP contribution in [-0.4, -0.2) is 7.57 Å². The first kappa shape index (κ1) is 22.0. The minimum absolute atomic E-state index is 0.0510. The summed E-state index contributed by atoms with van der Waals surface area (Å²) in [5, 5.41) is 1.42. The molecule has 0 aromatic heterocycles. The van der Waals surface area contributed by atoms with Crippen molar-refractivity contribution in [3.05, 3.63) is 59.2 Å². The van der Waals surface area contributed by atoms with Gasteiger partial charge < -0.3 is 4.52 Å². The summed E-state index contributed by atoms with van der Waals surface area (Å²) in [7, 11) is -0.788. The molecule has 2 aromatic carbocycles. The molecule has 148 valence electrons. The van der Waals surface area contributed by atoms with E-state index in [2.05, 4.69) is 105 Å². The van der Waals surface area contributed by atoms with Gasteiger partial charge in [-0.25, -0.2) is 0 Å². The Balaban J connectivity index is 2.69. The topological polar surface area (TPSA) is 9.23 Å². The summed E-state index contributed by atoms with van der Waals surface area (Å²) in [6.07, 6.45) is 0. The van der Waals surface area contributed by atoms with Crippen molar-refractivity contribution in [1.29, 1.82) is 0 Å². The van der Waals surface area contributed by atoms with Crippen molar-refractivity contribution in [3.63, 3.8) is 0 Å². The summed E-state index contributed by atoms with van der Waals surface area (Å²) >= 11 is 0. The van der Waals surface area contributed by atoms with Crippen LogP contribution in [0.1, 0.15) is 79.0 Å². The molecule has 0 saturated heterocycles. The average Bonchev–Trinajstić information content (AvgIpc) is 2.52. The largest absolute Gasteiger partial charge is 0.394 e. The van der Waals surface area contributed by atoms with Gasteiger partial charge in [-0.15, -0.1) is 0 Å². The second-order valence-electron chi connectivity index (χ2n) is 10.2. The lowest BCUT2D eigenvalue weighted by Gasteiger charge is -2.33. The van der Waals surface area contributed by atoms with E-state index >= 15 is 0 Å². The zero-order valence-electron chi connectivity index (χ0n) is 17.9. The Morgan fingerprint density at radius 3 is 1.52 bits per heavy atom. The lowest BCUT2D eigenvalue weighted by Crippen LogP contribution is -2.23. The Labute approximate surface area is 169 Å². The summed E-state index contributed by atoms with van der Waals surface area (Å²) in [6, 6.07) is 15.7. The van der Waals surface area contributed by atoms with Crippen LogP contribution in [0.2, 0.25) is 0 Å². The highest BCUT2D eigenvalue weighted by atomic mass is 31.1. The molecular weight excluding hydrogens is 346 g/mol. The van der Waals surface area contributed by atoms with Crippen LogP contribution in [-0.2, 0) is 16.2 Å². The van der Waals surface area contributed by atoms with Crippen LogP contribution in [0.15, 0.2) is 42.5 Å². The highest BCUT2D eigenvalue weighted by Gasteiger charge is 2.32. The monoisotopic (exact) mass is 384 g/mol. The van der Waals surface area contributed by atoms with Gasteiger partial charge in [0.15, 0.2) is 13.3 Å². The quantitative estimate of drug-likeness (QED) is 0.488. The molecular formula is C24H38BOP. The van der Waals surface area contributed by atoms with Crippen LogP contribution >= 0.6 is 8.03 Å². The second-order valence-corrected chi connectivity index (χ2v) is 11.2. The normalized spacial score (nSPS) is 14.1. The van der Waals surface area contributed by atoms with Crippen molar-refractivity contribution in [2.45, 2.75) is 78.6 Å². The van der Waals surface area contributed by atoms with E-state index in [4.69, 9.17) is 4.52 Å². The van der Waals surface area contributed by atoms with Gasteiger partial charge in [0.05, 0.1) is 5.30 Å². The van der Waals surface area contributed by atoms with Crippen molar-refractivity contribution < 1.29 is 4.52 Å². The Morgan fingerprint density at radius 1 is 0.704 bits per heavy atom. The molecule has 1 unspecified atom stereocenters. The van der Waals surface area contributed by atoms with Crippen LogP contribution < -0.4 is 9.83 Å². The van der Waals surface area contributed by atoms with Gasteiger partial charge in [0.1, 0.15) is 0 Å². The van der Waals surface area contributed by atoms with E-state index in [0.717, 1.165) is 5.75 Å². The maximum atomic E-state index is 6.90. The minimum atomic E-state index is -0.881. The third-order valence-corrected chi connectivity index (χ3v) is 5.49. The maximum absolute atomic E-state index is 6.90. The first-order valence-electron chi connectivity index (χ1n) is 9.47. The first-order valence-corrected chi connectivity index (χ1v) is 10.4. The van der Waals surface area contributed by atoms with Gasteiger partial charge in [-0.05, 0) is 33.9 Å². The van der Waals surface area contributed by atoms with Gasteiger partial charge in [0.25, 0.3) is 0 Å². The second kappa shape index (κ2) is 7.63. The van der Waals surface area contributed by atoms with E-state index < -0.39 is 8.03 Å². The van der Waals surface area contributed by atoms with Gasteiger partial charge in [0, 0.05) is 19.2 Å². The van der Waals surface area contributed by atoms with Gasteiger partial charge >= 0.3 is 0 Å². The summed E-state index contributed by atoms with van der Waals surface area (Å²) in [5.74, 6) is 1.16. The maximum Gasteiger partial charge on any atom is 0.174 e. The van der Waals surface area contributed by atoms with E-state index in [1.54, 1.807) is 0 Å². The molecule has 0 aliphatic heterocycles. The van der Waals surface area contributed by atoms with Crippen molar-refractivity contribution in [3.8, 4) is 5.75 Å². The zero-order chi connectivity index (χ0) is 20.6. The van der Waals surface area contributed by atoms with Gasteiger partial charge in [-0.1, -0.05) is 92.6 Å². The minimum Gasteiger partial charge on any atom is -0.394 e. The fourth-order valence-electron chi connectivity index (χ4n) is 2.90. The Hall–Kier alpha value is -1.27. The van der Waals surface area contributed by atoms with Crippen molar-refractivity contribution in [2.24, 2.45) is 0 Å². The molecule has 0 N–H and O–H groups in total. The summed E-state index contributed by atoms with van der Waals surface area (Å²) in [5.41, 5.74) is 4.35. The van der Waals surface area contributed by atoms with Crippen LogP contribution in [0.4, 0.5) is 0 Å². The lowest BCUT2D eigenvalue weighted by atomic mass is 9.75. The molecule has 0 aliphatic carbocycles. The summed E-state index contributed by atoms with van der Waals surface area (Å²) in [6.45, 7) is 20.8. The fourth-order valence-corrected chi connectivity index (χ4v) is 3.67. The number of hydrogen-bond acceptors (Lipinski definition) is 1. The number of hydrogen-bond donors (Lipinski definition) is 0. The van der Waals surface area contributed by atoms with Crippen LogP contribution in [0.3, 0.4) is 0 Å². The molecule has 1 atom stereocenters. The highest BCUT2D eigenvalue weighted by Crippen LogP contribution is 2.46. The smallest absolute Gasteiger partial charge is 0.174 e. The molecule has 3 heteroatoms. The third kappa shape index (κ3) is 5.38. The van der Waals surface area contributed by atoms with Gasteiger partial charge in [-0.2, -0.15) is 0 Å². The standard InChI is InChI=1S/C24H38BOP/c1-22(2,3)17-15-19(23(4,5)6)21(20(16-17)24(7,8)9)26-27(25)18-13-11-10-12-14-18/h10-16,27H,1-9,25H3. The summed E-state index contributed by atoms with van der Waals surface area (Å²) < 4.78 is 6.90. The van der Waals surface area contributed by atoms with Crippen LogP contribution in [0.25, 0.3) is 0 Å². The first-order chi connectivity index (χ1) is 12.2. The Bertz CT molecular complexity index is 742. The van der Waals surface area contributed by atoms with Crippen molar-refractivity contribution in [1.82, 2.24) is 0 Å². The fraction of sp³-hybridized carbons (Fsp3) is 0.500. The molecule has 0 radical (unpaired) electrons. The zero-order valence-corrected chi connectivity index (χ0v) is 18.9. The molecule has 0 saturated carbocycles. The van der Waals surface area contributed by atoms with Crippen molar-refractivity contribution >= 4 is 20.9 Å². The van der Waals surface area contributed by atoms with E-state index in [9.17, 15) is 0 Å². The molecule has 0 heterocycles. The van der Waals surface area contributed by atoms with Gasteiger partial charge in [0.2, 0.25) is 0 Å². The van der Waals surface area contributed by atoms with Crippen LogP contribution in [0, 0.1) is 0 Å². The van der Waals surface area contributed by atoms with E-state index in [1.165, 1.54) is 22.0 Å². The number of benzene rings is 2. The molecule has 2 aromatic rings. The average molecular weight is 384 g/mol. The highest BCUT2D eigenvalue weighted by molar-refractivity contribution is 7.84. The van der Waals surface area contributed by atoms with E-state index in [1.807, 2.05) is 0 Å². The molecule has 0 fully saturated rings. The third-order valence-electron chi connectivity index (χ3n) is 4.62. The molecule has 0 spiro atoms. The predicted molar refractivity (Wildman–Crippen MR) is 128 cm³/mol. The molecule has 1 nitrogen and oxygen atoms in total. The lowest BCUT2D eigenvalue weighted by molar-refractivity contribution is 0.498.